The lowest BCUT2D eigenvalue weighted by atomic mass is 10.1. The summed E-state index contributed by atoms with van der Waals surface area (Å²) in [4.78, 5) is 10.0. The summed E-state index contributed by atoms with van der Waals surface area (Å²) in [7, 11) is 0. The van der Waals surface area contributed by atoms with Crippen LogP contribution < -0.4 is 0 Å². The Morgan fingerprint density at radius 2 is 1.25 bits per heavy atom. The first kappa shape index (κ1) is 12.2. The number of carbonyl (C=O) groups is 1. The van der Waals surface area contributed by atoms with Crippen LogP contribution >= 0.6 is 0 Å². The van der Waals surface area contributed by atoms with Crippen molar-refractivity contribution in [1.29, 1.82) is 0 Å². The van der Waals surface area contributed by atoms with Crippen LogP contribution in [0.4, 0.5) is 22.0 Å². The molecule has 7 heteroatoms. The van der Waals surface area contributed by atoms with Crippen molar-refractivity contribution >= 4 is 12.0 Å². The van der Waals surface area contributed by atoms with Crippen LogP contribution in [0.2, 0.25) is 0 Å². The molecule has 0 spiro atoms. The standard InChI is InChI=1S/C9H3F5O2/c10-5-3(1-2-4(15)16)6(11)8(13)9(14)7(5)12/h1-2H,(H,15,16). The van der Waals surface area contributed by atoms with Crippen molar-refractivity contribution in [3.63, 3.8) is 0 Å². The average molecular weight is 238 g/mol. The van der Waals surface area contributed by atoms with Crippen LogP contribution in [0, 0.1) is 29.1 Å². The predicted octanol–water partition coefficient (Wildman–Crippen LogP) is 2.48. The predicted molar refractivity (Wildman–Crippen MR) is 42.9 cm³/mol. The van der Waals surface area contributed by atoms with E-state index in [-0.39, 0.29) is 6.08 Å². The smallest absolute Gasteiger partial charge is 0.328 e. The second-order valence-corrected chi connectivity index (χ2v) is 2.66. The number of halogens is 5. The van der Waals surface area contributed by atoms with Gasteiger partial charge in [0.25, 0.3) is 0 Å². The number of carboxylic acid groups (broad SMARTS) is 1. The van der Waals surface area contributed by atoms with E-state index in [1.165, 1.54) is 0 Å². The van der Waals surface area contributed by atoms with Crippen molar-refractivity contribution < 1.29 is 31.9 Å². The summed E-state index contributed by atoms with van der Waals surface area (Å²) in [5.41, 5.74) is -1.29. The summed E-state index contributed by atoms with van der Waals surface area (Å²) in [6.45, 7) is 0. The van der Waals surface area contributed by atoms with Gasteiger partial charge in [-0.1, -0.05) is 0 Å². The Kier molecular flexibility index (Phi) is 3.26. The lowest BCUT2D eigenvalue weighted by molar-refractivity contribution is -0.131. The van der Waals surface area contributed by atoms with E-state index in [1.54, 1.807) is 0 Å². The van der Waals surface area contributed by atoms with E-state index in [9.17, 15) is 26.7 Å². The van der Waals surface area contributed by atoms with Crippen molar-refractivity contribution in [3.8, 4) is 0 Å². The molecule has 0 saturated heterocycles. The molecule has 0 aliphatic rings. The van der Waals surface area contributed by atoms with Gasteiger partial charge in [-0.3, -0.25) is 0 Å². The Balaban J connectivity index is 3.45. The maximum absolute atomic E-state index is 12.9. The maximum atomic E-state index is 12.9. The minimum absolute atomic E-state index is 0.262. The maximum Gasteiger partial charge on any atom is 0.328 e. The molecular weight excluding hydrogens is 235 g/mol. The highest BCUT2D eigenvalue weighted by Crippen LogP contribution is 2.23. The quantitative estimate of drug-likeness (QED) is 0.372. The van der Waals surface area contributed by atoms with Gasteiger partial charge >= 0.3 is 5.97 Å². The van der Waals surface area contributed by atoms with Gasteiger partial charge in [0.15, 0.2) is 23.3 Å². The van der Waals surface area contributed by atoms with Crippen LogP contribution in [0.25, 0.3) is 6.08 Å². The summed E-state index contributed by atoms with van der Waals surface area (Å²) < 4.78 is 63.5. The summed E-state index contributed by atoms with van der Waals surface area (Å²) in [6.07, 6.45) is 0.552. The van der Waals surface area contributed by atoms with Gasteiger partial charge in [0, 0.05) is 6.08 Å². The fourth-order valence-electron chi connectivity index (χ4n) is 0.923. The molecule has 1 rings (SSSR count). The molecule has 16 heavy (non-hydrogen) atoms. The number of carboxylic acids is 1. The van der Waals surface area contributed by atoms with Crippen LogP contribution in [0.3, 0.4) is 0 Å². The van der Waals surface area contributed by atoms with Gasteiger partial charge in [-0.15, -0.1) is 0 Å². The minimum atomic E-state index is -2.29. The number of benzene rings is 1. The van der Waals surface area contributed by atoms with Gasteiger partial charge in [-0.05, 0) is 6.08 Å². The fourth-order valence-corrected chi connectivity index (χ4v) is 0.923. The topological polar surface area (TPSA) is 37.3 Å². The van der Waals surface area contributed by atoms with E-state index >= 15 is 0 Å². The Morgan fingerprint density at radius 1 is 0.875 bits per heavy atom. The third-order valence-corrected chi connectivity index (χ3v) is 1.64. The van der Waals surface area contributed by atoms with Gasteiger partial charge < -0.3 is 5.11 Å². The zero-order valence-electron chi connectivity index (χ0n) is 7.40. The molecule has 0 aliphatic carbocycles. The highest BCUT2D eigenvalue weighted by atomic mass is 19.2. The largest absolute Gasteiger partial charge is 0.478 e. The summed E-state index contributed by atoms with van der Waals surface area (Å²) in [5, 5.41) is 8.16. The molecule has 0 saturated carbocycles. The molecular formula is C9H3F5O2. The van der Waals surface area contributed by atoms with Gasteiger partial charge in [-0.25, -0.2) is 26.7 Å². The fraction of sp³-hybridized carbons (Fsp3) is 0. The Labute approximate surface area is 85.6 Å². The van der Waals surface area contributed by atoms with E-state index in [0.717, 1.165) is 0 Å². The third-order valence-electron chi connectivity index (χ3n) is 1.64. The highest BCUT2D eigenvalue weighted by molar-refractivity contribution is 5.85. The summed E-state index contributed by atoms with van der Waals surface area (Å²) in [6, 6.07) is 0. The first-order chi connectivity index (χ1) is 7.36. The van der Waals surface area contributed by atoms with Crippen molar-refractivity contribution in [2.75, 3.05) is 0 Å². The Hall–Kier alpha value is -1.92. The van der Waals surface area contributed by atoms with Crippen LogP contribution in [0.5, 0.6) is 0 Å². The molecule has 86 valence electrons. The Bertz CT molecular complexity index is 452. The summed E-state index contributed by atoms with van der Waals surface area (Å²) in [5.74, 6) is -12.3. The number of aliphatic carboxylic acids is 1. The molecule has 1 N–H and O–H groups in total. The number of hydrogen-bond donors (Lipinski definition) is 1. The van der Waals surface area contributed by atoms with Crippen LogP contribution in [-0.4, -0.2) is 11.1 Å². The van der Waals surface area contributed by atoms with Crippen LogP contribution in [-0.2, 0) is 4.79 Å². The third kappa shape index (κ3) is 2.02. The van der Waals surface area contributed by atoms with Crippen molar-refractivity contribution in [3.05, 3.63) is 40.7 Å². The number of rotatable bonds is 2. The van der Waals surface area contributed by atoms with Crippen molar-refractivity contribution in [2.45, 2.75) is 0 Å². The molecule has 0 amide bonds. The van der Waals surface area contributed by atoms with E-state index in [1.807, 2.05) is 0 Å². The first-order valence-corrected chi connectivity index (χ1v) is 3.78. The summed E-state index contributed by atoms with van der Waals surface area (Å²) >= 11 is 0. The van der Waals surface area contributed by atoms with Gasteiger partial charge in [0.2, 0.25) is 5.82 Å². The van der Waals surface area contributed by atoms with Gasteiger partial charge in [0.05, 0.1) is 5.56 Å². The molecule has 0 aromatic heterocycles. The lowest BCUT2D eigenvalue weighted by Crippen LogP contribution is -2.04. The van der Waals surface area contributed by atoms with Gasteiger partial charge in [0.1, 0.15) is 0 Å². The number of hydrogen-bond acceptors (Lipinski definition) is 1. The van der Waals surface area contributed by atoms with E-state index < -0.39 is 40.6 Å². The lowest BCUT2D eigenvalue weighted by Gasteiger charge is -2.03. The molecule has 0 fully saturated rings. The average Bonchev–Trinajstić information content (AvgIpc) is 2.23. The molecule has 0 aliphatic heterocycles. The second-order valence-electron chi connectivity index (χ2n) is 2.66. The molecule has 0 radical (unpaired) electrons. The molecule has 0 bridgehead atoms. The SMILES string of the molecule is O=C(O)C=Cc1c(F)c(F)c(F)c(F)c1F. The molecule has 0 heterocycles. The van der Waals surface area contributed by atoms with E-state index in [4.69, 9.17) is 5.11 Å². The molecule has 0 atom stereocenters. The highest BCUT2D eigenvalue weighted by Gasteiger charge is 2.24. The van der Waals surface area contributed by atoms with Crippen LogP contribution in [0.1, 0.15) is 5.56 Å². The second kappa shape index (κ2) is 4.30. The monoisotopic (exact) mass is 238 g/mol. The molecule has 2 nitrogen and oxygen atoms in total. The van der Waals surface area contributed by atoms with Crippen LogP contribution in [0.15, 0.2) is 6.08 Å². The van der Waals surface area contributed by atoms with E-state index in [0.29, 0.717) is 6.08 Å². The zero-order valence-corrected chi connectivity index (χ0v) is 7.40. The normalized spacial score (nSPS) is 11.1. The Morgan fingerprint density at radius 3 is 1.62 bits per heavy atom. The molecule has 1 aromatic rings. The first-order valence-electron chi connectivity index (χ1n) is 3.78. The van der Waals surface area contributed by atoms with Gasteiger partial charge in [-0.2, -0.15) is 0 Å². The van der Waals surface area contributed by atoms with Crippen molar-refractivity contribution in [1.82, 2.24) is 0 Å². The minimum Gasteiger partial charge on any atom is -0.478 e. The van der Waals surface area contributed by atoms with Crippen molar-refractivity contribution in [2.24, 2.45) is 0 Å². The molecule has 1 aromatic carbocycles. The molecule has 0 unspecified atom stereocenters. The zero-order chi connectivity index (χ0) is 12.5. The van der Waals surface area contributed by atoms with E-state index in [2.05, 4.69) is 0 Å².